The first-order chi connectivity index (χ1) is 13.5. The van der Waals surface area contributed by atoms with Crippen molar-refractivity contribution in [2.45, 2.75) is 26.9 Å². The number of carbonyl (C=O) groups excluding carboxylic acids is 1. The van der Waals surface area contributed by atoms with Crippen LogP contribution in [0.4, 0.5) is 0 Å². The molecule has 0 saturated carbocycles. The average molecular weight is 401 g/mol. The second-order valence-corrected chi connectivity index (χ2v) is 7.09. The molecule has 0 N–H and O–H groups in total. The molecule has 8 nitrogen and oxygen atoms in total. The highest BCUT2D eigenvalue weighted by Crippen LogP contribution is 2.32. The van der Waals surface area contributed by atoms with Crippen LogP contribution in [0.3, 0.4) is 0 Å². The van der Waals surface area contributed by atoms with Gasteiger partial charge in [0.2, 0.25) is 11.7 Å². The first-order valence-electron chi connectivity index (χ1n) is 9.19. The molecule has 0 unspecified atom stereocenters. The molecular weight excluding hydrogens is 380 g/mol. The zero-order valence-corrected chi connectivity index (χ0v) is 16.8. The fraction of sp³-hybridized carbons (Fsp3) is 0.368. The fourth-order valence-corrected chi connectivity index (χ4v) is 3.64. The standard InChI is InChI=1S/C19H21ClN6O2/c1-4-25(5-2)10-15-22-18(23-28-15)17-14-9-24(3)19(27)16-12(20)7-6-8-13(16)26(14)11-21-17/h6-8,11H,4-5,9-10H2,1-3H3. The van der Waals surface area contributed by atoms with Gasteiger partial charge in [0.05, 0.1) is 35.1 Å². The zero-order valence-electron chi connectivity index (χ0n) is 16.0. The van der Waals surface area contributed by atoms with E-state index in [2.05, 4.69) is 33.9 Å². The summed E-state index contributed by atoms with van der Waals surface area (Å²) in [6.07, 6.45) is 1.67. The molecule has 1 aliphatic rings. The largest absolute Gasteiger partial charge is 0.337 e. The topological polar surface area (TPSA) is 80.3 Å². The first-order valence-corrected chi connectivity index (χ1v) is 9.57. The molecular formula is C19H21ClN6O2. The third-order valence-electron chi connectivity index (χ3n) is 5.00. The van der Waals surface area contributed by atoms with Crippen molar-refractivity contribution in [3.63, 3.8) is 0 Å². The van der Waals surface area contributed by atoms with Gasteiger partial charge in [-0.05, 0) is 25.2 Å². The van der Waals surface area contributed by atoms with Gasteiger partial charge in [-0.1, -0.05) is 36.7 Å². The summed E-state index contributed by atoms with van der Waals surface area (Å²) in [7, 11) is 1.74. The Morgan fingerprint density at radius 2 is 2.07 bits per heavy atom. The lowest BCUT2D eigenvalue weighted by Gasteiger charge is -2.15. The van der Waals surface area contributed by atoms with Crippen molar-refractivity contribution in [1.82, 2.24) is 29.5 Å². The van der Waals surface area contributed by atoms with E-state index in [9.17, 15) is 4.79 Å². The summed E-state index contributed by atoms with van der Waals surface area (Å²) in [4.78, 5) is 25.7. The van der Waals surface area contributed by atoms with Crippen LogP contribution in [-0.4, -0.2) is 55.5 Å². The van der Waals surface area contributed by atoms with Gasteiger partial charge in [0.25, 0.3) is 5.91 Å². The predicted molar refractivity (Wildman–Crippen MR) is 104 cm³/mol. The van der Waals surface area contributed by atoms with Gasteiger partial charge < -0.3 is 9.42 Å². The van der Waals surface area contributed by atoms with E-state index in [0.29, 0.717) is 46.8 Å². The van der Waals surface area contributed by atoms with E-state index in [-0.39, 0.29) is 5.91 Å². The lowest BCUT2D eigenvalue weighted by molar-refractivity contribution is 0.0788. The number of halogens is 1. The molecule has 9 heteroatoms. The number of nitrogens with zero attached hydrogens (tertiary/aromatic N) is 6. The van der Waals surface area contributed by atoms with Crippen molar-refractivity contribution in [2.75, 3.05) is 20.1 Å². The monoisotopic (exact) mass is 400 g/mol. The minimum atomic E-state index is -0.134. The van der Waals surface area contributed by atoms with Gasteiger partial charge in [-0.3, -0.25) is 14.3 Å². The number of hydrogen-bond acceptors (Lipinski definition) is 6. The zero-order chi connectivity index (χ0) is 19.8. The van der Waals surface area contributed by atoms with E-state index in [4.69, 9.17) is 16.1 Å². The molecule has 0 saturated heterocycles. The van der Waals surface area contributed by atoms with Crippen LogP contribution in [0.1, 0.15) is 35.8 Å². The molecule has 0 aliphatic carbocycles. The molecule has 1 amide bonds. The maximum atomic E-state index is 12.8. The highest BCUT2D eigenvalue weighted by atomic mass is 35.5. The van der Waals surface area contributed by atoms with E-state index in [1.165, 1.54) is 0 Å². The van der Waals surface area contributed by atoms with Gasteiger partial charge in [0, 0.05) is 7.05 Å². The predicted octanol–water partition coefficient (Wildman–Crippen LogP) is 3.00. The maximum absolute atomic E-state index is 12.8. The Hall–Kier alpha value is -2.71. The van der Waals surface area contributed by atoms with Crippen LogP contribution in [0.5, 0.6) is 0 Å². The number of aromatic nitrogens is 4. The van der Waals surface area contributed by atoms with E-state index >= 15 is 0 Å². The van der Waals surface area contributed by atoms with Crippen LogP contribution < -0.4 is 0 Å². The summed E-state index contributed by atoms with van der Waals surface area (Å²) >= 11 is 6.32. The second-order valence-electron chi connectivity index (χ2n) is 6.68. The Morgan fingerprint density at radius 3 is 2.82 bits per heavy atom. The smallest absolute Gasteiger partial charge is 0.257 e. The summed E-state index contributed by atoms with van der Waals surface area (Å²) in [6.45, 7) is 6.93. The summed E-state index contributed by atoms with van der Waals surface area (Å²) in [5.74, 6) is 0.828. The molecule has 3 heterocycles. The quantitative estimate of drug-likeness (QED) is 0.655. The summed E-state index contributed by atoms with van der Waals surface area (Å²) < 4.78 is 7.30. The third-order valence-corrected chi connectivity index (χ3v) is 5.31. The van der Waals surface area contributed by atoms with Crippen molar-refractivity contribution in [3.8, 4) is 17.2 Å². The lowest BCUT2D eigenvalue weighted by atomic mass is 10.1. The van der Waals surface area contributed by atoms with Gasteiger partial charge >= 0.3 is 0 Å². The molecule has 1 aromatic carbocycles. The molecule has 0 atom stereocenters. The number of rotatable bonds is 5. The van der Waals surface area contributed by atoms with E-state index in [1.54, 1.807) is 24.3 Å². The summed E-state index contributed by atoms with van der Waals surface area (Å²) in [5, 5.41) is 4.53. The second kappa shape index (κ2) is 7.37. The normalized spacial score (nSPS) is 13.6. The third kappa shape index (κ3) is 3.08. The number of amides is 1. The number of fused-ring (bicyclic) bond motifs is 3. The van der Waals surface area contributed by atoms with E-state index < -0.39 is 0 Å². The van der Waals surface area contributed by atoms with Gasteiger partial charge in [-0.15, -0.1) is 0 Å². The Morgan fingerprint density at radius 1 is 1.29 bits per heavy atom. The van der Waals surface area contributed by atoms with Crippen molar-refractivity contribution in [3.05, 3.63) is 46.7 Å². The van der Waals surface area contributed by atoms with E-state index in [0.717, 1.165) is 18.8 Å². The summed E-state index contributed by atoms with van der Waals surface area (Å²) in [5.41, 5.74) is 2.57. The van der Waals surface area contributed by atoms with Gasteiger partial charge in [0.15, 0.2) is 0 Å². The number of carbonyl (C=O) groups is 1. The van der Waals surface area contributed by atoms with Crippen LogP contribution in [0.15, 0.2) is 29.0 Å². The Kier molecular flexibility index (Phi) is 4.91. The van der Waals surface area contributed by atoms with Crippen LogP contribution in [0, 0.1) is 0 Å². The first kappa shape index (κ1) is 18.6. The maximum Gasteiger partial charge on any atom is 0.257 e. The van der Waals surface area contributed by atoms with Crippen LogP contribution >= 0.6 is 11.6 Å². The highest BCUT2D eigenvalue weighted by Gasteiger charge is 2.29. The van der Waals surface area contributed by atoms with Crippen molar-refractivity contribution < 1.29 is 9.32 Å². The van der Waals surface area contributed by atoms with Crippen LogP contribution in [0.2, 0.25) is 5.02 Å². The van der Waals surface area contributed by atoms with Crippen LogP contribution in [0.25, 0.3) is 17.2 Å². The minimum absolute atomic E-state index is 0.134. The molecule has 0 radical (unpaired) electrons. The SMILES string of the molecule is CCN(CC)Cc1nc(-c2ncn3c2CN(C)C(=O)c2c(Cl)cccc2-3)no1. The van der Waals surface area contributed by atoms with E-state index in [1.807, 2.05) is 16.7 Å². The minimum Gasteiger partial charge on any atom is -0.337 e. The van der Waals surface area contributed by atoms with Crippen molar-refractivity contribution >= 4 is 17.5 Å². The molecule has 4 rings (SSSR count). The Labute approximate surface area is 167 Å². The fourth-order valence-electron chi connectivity index (χ4n) is 3.39. The summed E-state index contributed by atoms with van der Waals surface area (Å²) in [6, 6.07) is 5.39. The molecule has 28 heavy (non-hydrogen) atoms. The average Bonchev–Trinajstić information content (AvgIpc) is 3.29. The molecule has 1 aliphatic heterocycles. The highest BCUT2D eigenvalue weighted by molar-refractivity contribution is 6.34. The number of imidazole rings is 1. The number of hydrogen-bond donors (Lipinski definition) is 0. The Bertz CT molecular complexity index is 1020. The molecule has 0 bridgehead atoms. The number of benzene rings is 1. The Balaban J connectivity index is 1.77. The molecule has 2 aromatic heterocycles. The van der Waals surface area contributed by atoms with Crippen molar-refractivity contribution in [2.24, 2.45) is 0 Å². The molecule has 0 fully saturated rings. The molecule has 146 valence electrons. The lowest BCUT2D eigenvalue weighted by Crippen LogP contribution is -2.25. The molecule has 0 spiro atoms. The van der Waals surface area contributed by atoms with Crippen molar-refractivity contribution in [1.29, 1.82) is 0 Å². The van der Waals surface area contributed by atoms with Gasteiger partial charge in [-0.25, -0.2) is 4.98 Å². The molecule has 3 aromatic rings. The van der Waals surface area contributed by atoms with Gasteiger partial charge in [-0.2, -0.15) is 4.98 Å². The van der Waals surface area contributed by atoms with Gasteiger partial charge in [0.1, 0.15) is 12.0 Å². The van der Waals surface area contributed by atoms with Crippen LogP contribution in [-0.2, 0) is 13.1 Å².